The van der Waals surface area contributed by atoms with Crippen LogP contribution in [0.3, 0.4) is 0 Å². The number of rotatable bonds is 4. The van der Waals surface area contributed by atoms with Crippen molar-refractivity contribution in [1.82, 2.24) is 14.9 Å². The Bertz CT molecular complexity index is 1400. The predicted octanol–water partition coefficient (Wildman–Crippen LogP) is 4.09. The molecule has 2 amide bonds. The summed E-state index contributed by atoms with van der Waals surface area (Å²) < 4.78 is 14.0. The summed E-state index contributed by atoms with van der Waals surface area (Å²) in [5, 5.41) is 6.54. The molecule has 3 aromatic rings. The molecule has 0 radical (unpaired) electrons. The molecule has 2 unspecified atom stereocenters. The Kier molecular flexibility index (Phi) is 5.44. The van der Waals surface area contributed by atoms with Gasteiger partial charge in [0.15, 0.2) is 5.76 Å². The number of fused-ring (bicyclic) bond motifs is 4. The van der Waals surface area contributed by atoms with Crippen LogP contribution < -0.4 is 20.3 Å². The molecule has 1 aromatic carbocycles. The quantitative estimate of drug-likeness (QED) is 0.538. The minimum Gasteiger partial charge on any atom is -0.452 e. The molecule has 2 saturated heterocycles. The molecular formula is C27H29N5O4. The molecule has 9 heteroatoms. The monoisotopic (exact) mass is 487 g/mol. The largest absolute Gasteiger partial charge is 0.452 e. The maximum absolute atomic E-state index is 13.3. The Morgan fingerprint density at radius 1 is 1.19 bits per heavy atom. The van der Waals surface area contributed by atoms with Gasteiger partial charge in [-0.15, -0.1) is 0 Å². The molecular weight excluding hydrogens is 458 g/mol. The Morgan fingerprint density at radius 2 is 1.97 bits per heavy atom. The smallest absolute Gasteiger partial charge is 0.319 e. The first kappa shape index (κ1) is 22.6. The van der Waals surface area contributed by atoms with Gasteiger partial charge >= 0.3 is 6.03 Å². The number of ketones is 1. The number of amides is 2. The second kappa shape index (κ2) is 8.67. The number of morpholine rings is 1. The van der Waals surface area contributed by atoms with Crippen LogP contribution in [0.2, 0.25) is 0 Å². The Labute approximate surface area is 209 Å². The van der Waals surface area contributed by atoms with Crippen LogP contribution in [-0.4, -0.2) is 52.7 Å². The zero-order valence-electron chi connectivity index (χ0n) is 20.6. The van der Waals surface area contributed by atoms with E-state index in [4.69, 9.17) is 9.47 Å². The molecule has 9 nitrogen and oxygen atoms in total. The van der Waals surface area contributed by atoms with Crippen LogP contribution in [0, 0.1) is 0 Å². The van der Waals surface area contributed by atoms with Gasteiger partial charge in [-0.25, -0.2) is 9.78 Å². The number of urea groups is 1. The standard InChI is InChI=1S/C27H29N5O4/c1-15(2)29-27(34)30-17-4-7-22-20(11-17)25(33)23(36-22)10-16-12-31(3)26-24(16)21(8-9-28-26)32-13-18-5-6-19(14-32)35-18/h4,7-12,15,18-19H,5-6,13-14H2,1-3H3,(H2,29,30,34)/b23-10-. The second-order valence-corrected chi connectivity index (χ2v) is 9.99. The summed E-state index contributed by atoms with van der Waals surface area (Å²) in [6, 6.07) is 6.81. The van der Waals surface area contributed by atoms with E-state index < -0.39 is 0 Å². The molecule has 6 rings (SSSR count). The molecule has 0 aliphatic carbocycles. The van der Waals surface area contributed by atoms with Crippen LogP contribution in [0.5, 0.6) is 5.75 Å². The third kappa shape index (κ3) is 3.99. The third-order valence-corrected chi connectivity index (χ3v) is 6.88. The molecule has 2 N–H and O–H groups in total. The van der Waals surface area contributed by atoms with E-state index in [1.54, 1.807) is 24.3 Å². The molecule has 186 valence electrons. The van der Waals surface area contributed by atoms with Crippen LogP contribution in [0.25, 0.3) is 17.1 Å². The number of carbonyl (C=O) groups is 2. The van der Waals surface area contributed by atoms with Crippen molar-refractivity contribution in [2.24, 2.45) is 7.05 Å². The normalized spacial score (nSPS) is 21.8. The number of benzene rings is 1. The molecule has 2 atom stereocenters. The summed E-state index contributed by atoms with van der Waals surface area (Å²) in [5.74, 6) is 0.507. The van der Waals surface area contributed by atoms with Crippen molar-refractivity contribution in [3.8, 4) is 5.75 Å². The van der Waals surface area contributed by atoms with Gasteiger partial charge in [-0.2, -0.15) is 0 Å². The number of nitrogens with zero attached hydrogens (tertiary/aromatic N) is 3. The first-order valence-electron chi connectivity index (χ1n) is 12.4. The lowest BCUT2D eigenvalue weighted by Gasteiger charge is -2.34. The zero-order valence-corrected chi connectivity index (χ0v) is 20.6. The fraction of sp³-hybridized carbons (Fsp3) is 0.370. The minimum absolute atomic E-state index is 0.00614. The van der Waals surface area contributed by atoms with Crippen LogP contribution in [-0.2, 0) is 11.8 Å². The van der Waals surface area contributed by atoms with Gasteiger partial charge in [0, 0.05) is 55.2 Å². The van der Waals surface area contributed by atoms with Crippen molar-refractivity contribution in [3.05, 3.63) is 53.5 Å². The average Bonchev–Trinajstić information content (AvgIpc) is 3.46. The molecule has 5 heterocycles. The highest BCUT2D eigenvalue weighted by atomic mass is 16.5. The molecule has 36 heavy (non-hydrogen) atoms. The van der Waals surface area contributed by atoms with Gasteiger partial charge < -0.3 is 29.6 Å². The highest BCUT2D eigenvalue weighted by Gasteiger charge is 2.35. The van der Waals surface area contributed by atoms with Crippen molar-refractivity contribution in [2.75, 3.05) is 23.3 Å². The lowest BCUT2D eigenvalue weighted by molar-refractivity contribution is 0.0306. The van der Waals surface area contributed by atoms with Gasteiger partial charge in [-0.05, 0) is 57.0 Å². The average molecular weight is 488 g/mol. The number of nitrogens with one attached hydrogen (secondary N) is 2. The maximum atomic E-state index is 13.3. The number of allylic oxidation sites excluding steroid dienone is 1. The van der Waals surface area contributed by atoms with Crippen molar-refractivity contribution >= 4 is 40.3 Å². The van der Waals surface area contributed by atoms with E-state index >= 15 is 0 Å². The summed E-state index contributed by atoms with van der Waals surface area (Å²) in [5.41, 5.74) is 3.78. The minimum atomic E-state index is -0.320. The van der Waals surface area contributed by atoms with Gasteiger partial charge in [0.25, 0.3) is 0 Å². The fourth-order valence-electron chi connectivity index (χ4n) is 5.34. The highest BCUT2D eigenvalue weighted by molar-refractivity contribution is 6.16. The molecule has 2 bridgehead atoms. The lowest BCUT2D eigenvalue weighted by atomic mass is 10.1. The SMILES string of the molecule is CC(C)NC(=O)Nc1ccc2c(c1)C(=O)/C(=C/c1cn(C)c3nccc(N4CC5CCC(C4)O5)c13)O2. The second-order valence-electron chi connectivity index (χ2n) is 9.99. The summed E-state index contributed by atoms with van der Waals surface area (Å²) in [6.07, 6.45) is 8.32. The maximum Gasteiger partial charge on any atom is 0.319 e. The van der Waals surface area contributed by atoms with Crippen molar-refractivity contribution in [3.63, 3.8) is 0 Å². The van der Waals surface area contributed by atoms with Gasteiger partial charge in [-0.3, -0.25) is 4.79 Å². The van der Waals surface area contributed by atoms with Crippen molar-refractivity contribution in [2.45, 2.75) is 44.9 Å². The highest BCUT2D eigenvalue weighted by Crippen LogP contribution is 2.38. The number of hydrogen-bond acceptors (Lipinski definition) is 6. The Morgan fingerprint density at radius 3 is 2.72 bits per heavy atom. The zero-order chi connectivity index (χ0) is 25.0. The number of hydrogen-bond donors (Lipinski definition) is 2. The summed E-state index contributed by atoms with van der Waals surface area (Å²) >= 11 is 0. The van der Waals surface area contributed by atoms with Crippen LogP contribution in [0.4, 0.5) is 16.2 Å². The van der Waals surface area contributed by atoms with Crippen LogP contribution in [0.1, 0.15) is 42.6 Å². The number of ether oxygens (including phenoxy) is 2. The summed E-state index contributed by atoms with van der Waals surface area (Å²) in [7, 11) is 1.95. The Balaban J connectivity index is 1.32. The molecule has 0 spiro atoms. The number of Topliss-reactive ketones (excluding diaryl/α,β-unsaturated/α-hetero) is 1. The number of carbonyl (C=O) groups excluding carboxylic acids is 2. The van der Waals surface area contributed by atoms with E-state index in [1.807, 2.05) is 43.9 Å². The van der Waals surface area contributed by atoms with E-state index in [-0.39, 0.29) is 35.8 Å². The van der Waals surface area contributed by atoms with Crippen molar-refractivity contribution in [1.29, 1.82) is 0 Å². The van der Waals surface area contributed by atoms with Gasteiger partial charge in [0.05, 0.1) is 23.5 Å². The first-order chi connectivity index (χ1) is 17.4. The number of aryl methyl sites for hydroxylation is 1. The van der Waals surface area contributed by atoms with Gasteiger partial charge in [0.1, 0.15) is 11.4 Å². The van der Waals surface area contributed by atoms with Crippen molar-refractivity contribution < 1.29 is 19.1 Å². The number of pyridine rings is 1. The fourth-order valence-corrected chi connectivity index (χ4v) is 5.34. The van der Waals surface area contributed by atoms with Crippen LogP contribution in [0.15, 0.2) is 42.4 Å². The van der Waals surface area contributed by atoms with E-state index in [9.17, 15) is 9.59 Å². The van der Waals surface area contributed by atoms with Crippen LogP contribution >= 0.6 is 0 Å². The topological polar surface area (TPSA) is 97.7 Å². The molecule has 2 fully saturated rings. The number of aromatic nitrogens is 2. The third-order valence-electron chi connectivity index (χ3n) is 6.88. The number of anilines is 2. The predicted molar refractivity (Wildman–Crippen MR) is 137 cm³/mol. The summed E-state index contributed by atoms with van der Waals surface area (Å²) in [6.45, 7) is 5.46. The lowest BCUT2D eigenvalue weighted by Crippen LogP contribution is -2.42. The Hall–Kier alpha value is -3.85. The molecule has 3 aliphatic rings. The van der Waals surface area contributed by atoms with E-state index in [1.165, 1.54) is 0 Å². The van der Waals surface area contributed by atoms with E-state index in [0.29, 0.717) is 17.0 Å². The molecule has 0 saturated carbocycles. The van der Waals surface area contributed by atoms with E-state index in [0.717, 1.165) is 48.2 Å². The molecule has 3 aliphatic heterocycles. The summed E-state index contributed by atoms with van der Waals surface area (Å²) in [4.78, 5) is 32.3. The van der Waals surface area contributed by atoms with E-state index in [2.05, 4.69) is 20.5 Å². The first-order valence-corrected chi connectivity index (χ1v) is 12.4. The van der Waals surface area contributed by atoms with Gasteiger partial charge in [-0.1, -0.05) is 0 Å². The van der Waals surface area contributed by atoms with Gasteiger partial charge in [0.2, 0.25) is 5.78 Å². The molecule has 2 aromatic heterocycles.